The van der Waals surface area contributed by atoms with Crippen molar-refractivity contribution >= 4 is 28.7 Å². The van der Waals surface area contributed by atoms with Crippen LogP contribution in [0.5, 0.6) is 0 Å². The molecule has 2 heterocycles. The standard InChI is InChI=1S/C16H16N4OS/c1-9-5-12-13(6-10(9)2)20-16(19-12)11-3-4-15(18-7-11)22-8-14(17)21/h3-7H,8H2,1-2H3,(H2,17,21)(H,19,20). The molecular weight excluding hydrogens is 296 g/mol. The number of aromatic nitrogens is 3. The van der Waals surface area contributed by atoms with Gasteiger partial charge in [0.15, 0.2) is 0 Å². The van der Waals surface area contributed by atoms with E-state index in [2.05, 4.69) is 40.9 Å². The fourth-order valence-corrected chi connectivity index (χ4v) is 2.74. The number of hydrogen-bond acceptors (Lipinski definition) is 4. The highest BCUT2D eigenvalue weighted by Crippen LogP contribution is 2.24. The summed E-state index contributed by atoms with van der Waals surface area (Å²) in [5, 5.41) is 0.769. The van der Waals surface area contributed by atoms with Crippen LogP contribution in [0.4, 0.5) is 0 Å². The highest BCUT2D eigenvalue weighted by molar-refractivity contribution is 7.99. The van der Waals surface area contributed by atoms with Gasteiger partial charge in [-0.1, -0.05) is 11.8 Å². The van der Waals surface area contributed by atoms with Gasteiger partial charge in [-0.25, -0.2) is 9.97 Å². The second kappa shape index (κ2) is 5.81. The first-order valence-electron chi connectivity index (χ1n) is 6.87. The number of aromatic amines is 1. The van der Waals surface area contributed by atoms with E-state index >= 15 is 0 Å². The maximum Gasteiger partial charge on any atom is 0.227 e. The Morgan fingerprint density at radius 3 is 2.73 bits per heavy atom. The van der Waals surface area contributed by atoms with Crippen LogP contribution >= 0.6 is 11.8 Å². The molecule has 0 atom stereocenters. The van der Waals surface area contributed by atoms with Gasteiger partial charge in [-0.15, -0.1) is 0 Å². The average Bonchev–Trinajstić information content (AvgIpc) is 2.89. The minimum absolute atomic E-state index is 0.232. The Morgan fingerprint density at radius 2 is 2.05 bits per heavy atom. The number of primary amides is 1. The van der Waals surface area contributed by atoms with Gasteiger partial charge < -0.3 is 10.7 Å². The summed E-state index contributed by atoms with van der Waals surface area (Å²) in [6.45, 7) is 4.16. The van der Waals surface area contributed by atoms with Crippen molar-refractivity contribution in [3.05, 3.63) is 41.6 Å². The third-order valence-corrected chi connectivity index (χ3v) is 4.44. The summed E-state index contributed by atoms with van der Waals surface area (Å²) >= 11 is 1.33. The van der Waals surface area contributed by atoms with E-state index in [0.717, 1.165) is 27.4 Å². The summed E-state index contributed by atoms with van der Waals surface area (Å²) in [6, 6.07) is 7.99. The van der Waals surface area contributed by atoms with Crippen molar-refractivity contribution in [3.8, 4) is 11.4 Å². The number of fused-ring (bicyclic) bond motifs is 1. The van der Waals surface area contributed by atoms with E-state index in [9.17, 15) is 4.79 Å². The number of nitrogens with two attached hydrogens (primary N) is 1. The number of H-pyrrole nitrogens is 1. The first-order chi connectivity index (χ1) is 10.5. The molecule has 6 heteroatoms. The molecule has 0 aliphatic rings. The number of hydrogen-bond donors (Lipinski definition) is 2. The minimum Gasteiger partial charge on any atom is -0.369 e. The summed E-state index contributed by atoms with van der Waals surface area (Å²) in [6.07, 6.45) is 1.75. The molecule has 1 aromatic carbocycles. The number of benzene rings is 1. The lowest BCUT2D eigenvalue weighted by Crippen LogP contribution is -2.13. The molecule has 3 rings (SSSR count). The van der Waals surface area contributed by atoms with Crippen LogP contribution in [0.1, 0.15) is 11.1 Å². The summed E-state index contributed by atoms with van der Waals surface area (Å²) in [5.74, 6) is 0.674. The summed E-state index contributed by atoms with van der Waals surface area (Å²) < 4.78 is 0. The van der Waals surface area contributed by atoms with E-state index in [1.807, 2.05) is 12.1 Å². The Kier molecular flexibility index (Phi) is 3.85. The number of amides is 1. The fourth-order valence-electron chi connectivity index (χ4n) is 2.16. The van der Waals surface area contributed by atoms with Gasteiger partial charge in [0.25, 0.3) is 0 Å². The first-order valence-corrected chi connectivity index (χ1v) is 7.86. The van der Waals surface area contributed by atoms with Crippen molar-refractivity contribution in [1.82, 2.24) is 15.0 Å². The van der Waals surface area contributed by atoms with Gasteiger partial charge >= 0.3 is 0 Å². The van der Waals surface area contributed by atoms with E-state index in [-0.39, 0.29) is 11.7 Å². The van der Waals surface area contributed by atoms with Crippen LogP contribution in [0, 0.1) is 13.8 Å². The van der Waals surface area contributed by atoms with E-state index in [0.29, 0.717) is 0 Å². The molecule has 5 nitrogen and oxygen atoms in total. The molecule has 0 saturated carbocycles. The highest BCUT2D eigenvalue weighted by atomic mass is 32.2. The molecule has 3 N–H and O–H groups in total. The molecule has 3 aromatic rings. The van der Waals surface area contributed by atoms with Gasteiger partial charge in [0, 0.05) is 11.8 Å². The summed E-state index contributed by atoms with van der Waals surface area (Å²) in [4.78, 5) is 23.0. The maximum absolute atomic E-state index is 10.8. The topological polar surface area (TPSA) is 84.7 Å². The van der Waals surface area contributed by atoms with Gasteiger partial charge in [-0.2, -0.15) is 0 Å². The van der Waals surface area contributed by atoms with Crippen molar-refractivity contribution in [2.75, 3.05) is 5.75 Å². The van der Waals surface area contributed by atoms with Gasteiger partial charge in [-0.3, -0.25) is 4.79 Å². The van der Waals surface area contributed by atoms with Crippen LogP contribution in [-0.2, 0) is 4.79 Å². The smallest absolute Gasteiger partial charge is 0.227 e. The lowest BCUT2D eigenvalue weighted by Gasteiger charge is -1.99. The molecule has 1 amide bonds. The van der Waals surface area contributed by atoms with Crippen LogP contribution in [-0.4, -0.2) is 26.6 Å². The normalized spacial score (nSPS) is 11.0. The molecule has 0 bridgehead atoms. The molecule has 0 unspecified atom stereocenters. The van der Waals surface area contributed by atoms with Crippen molar-refractivity contribution in [1.29, 1.82) is 0 Å². The van der Waals surface area contributed by atoms with E-state index < -0.39 is 0 Å². The van der Waals surface area contributed by atoms with Crippen molar-refractivity contribution in [2.24, 2.45) is 5.73 Å². The Labute approximate surface area is 132 Å². The third kappa shape index (κ3) is 2.96. The summed E-state index contributed by atoms with van der Waals surface area (Å²) in [5.41, 5.74) is 10.5. The van der Waals surface area contributed by atoms with Crippen molar-refractivity contribution < 1.29 is 4.79 Å². The Bertz CT molecular complexity index is 800. The van der Waals surface area contributed by atoms with Crippen LogP contribution in [0.15, 0.2) is 35.5 Å². The molecule has 112 valence electrons. The predicted octanol–water partition coefficient (Wildman–Crippen LogP) is 2.82. The van der Waals surface area contributed by atoms with Gasteiger partial charge in [0.05, 0.1) is 21.8 Å². The van der Waals surface area contributed by atoms with Crippen LogP contribution in [0.2, 0.25) is 0 Å². The van der Waals surface area contributed by atoms with Gasteiger partial charge in [-0.05, 0) is 49.2 Å². The average molecular weight is 312 g/mol. The second-order valence-electron chi connectivity index (χ2n) is 5.18. The number of nitrogens with one attached hydrogen (secondary N) is 1. The van der Waals surface area contributed by atoms with E-state index in [1.165, 1.54) is 22.9 Å². The van der Waals surface area contributed by atoms with Gasteiger partial charge in [0.1, 0.15) is 5.82 Å². The van der Waals surface area contributed by atoms with Crippen molar-refractivity contribution in [2.45, 2.75) is 18.9 Å². The second-order valence-corrected chi connectivity index (χ2v) is 6.17. The van der Waals surface area contributed by atoms with E-state index in [1.54, 1.807) is 6.20 Å². The molecule has 0 spiro atoms. The van der Waals surface area contributed by atoms with Crippen molar-refractivity contribution in [3.63, 3.8) is 0 Å². The predicted molar refractivity (Wildman–Crippen MR) is 88.7 cm³/mol. The fraction of sp³-hybridized carbons (Fsp3) is 0.188. The lowest BCUT2D eigenvalue weighted by molar-refractivity contribution is -0.115. The number of carbonyl (C=O) groups excluding carboxylic acids is 1. The van der Waals surface area contributed by atoms with Crippen LogP contribution in [0.3, 0.4) is 0 Å². The highest BCUT2D eigenvalue weighted by Gasteiger charge is 2.08. The number of aryl methyl sites for hydroxylation is 2. The number of imidazole rings is 1. The molecule has 0 aliphatic carbocycles. The molecule has 2 aromatic heterocycles. The van der Waals surface area contributed by atoms with Crippen LogP contribution < -0.4 is 5.73 Å². The maximum atomic E-state index is 10.8. The first kappa shape index (κ1) is 14.6. The molecule has 0 saturated heterocycles. The monoisotopic (exact) mass is 312 g/mol. The Balaban J connectivity index is 1.89. The number of carbonyl (C=O) groups is 1. The van der Waals surface area contributed by atoms with E-state index in [4.69, 9.17) is 5.73 Å². The minimum atomic E-state index is -0.348. The molecule has 22 heavy (non-hydrogen) atoms. The number of pyridine rings is 1. The molecule has 0 radical (unpaired) electrons. The Morgan fingerprint density at radius 1 is 1.27 bits per heavy atom. The Hall–Kier alpha value is -2.34. The molecular formula is C16H16N4OS. The quantitative estimate of drug-likeness (QED) is 0.725. The molecule has 0 fully saturated rings. The zero-order chi connectivity index (χ0) is 15.7. The largest absolute Gasteiger partial charge is 0.369 e. The SMILES string of the molecule is Cc1cc2nc(-c3ccc(SCC(N)=O)nc3)[nH]c2cc1C. The molecule has 0 aliphatic heterocycles. The number of thioether (sulfide) groups is 1. The zero-order valence-electron chi connectivity index (χ0n) is 12.4. The van der Waals surface area contributed by atoms with Gasteiger partial charge in [0.2, 0.25) is 5.91 Å². The summed E-state index contributed by atoms with van der Waals surface area (Å²) in [7, 11) is 0. The number of nitrogens with zero attached hydrogens (tertiary/aromatic N) is 2. The van der Waals surface area contributed by atoms with Crippen LogP contribution in [0.25, 0.3) is 22.4 Å². The third-order valence-electron chi connectivity index (χ3n) is 3.47. The lowest BCUT2D eigenvalue weighted by atomic mass is 10.1. The number of rotatable bonds is 4. The zero-order valence-corrected chi connectivity index (χ0v) is 13.2.